The van der Waals surface area contributed by atoms with Crippen LogP contribution in [0.25, 0.3) is 0 Å². The topological polar surface area (TPSA) is 75.3 Å². The molecule has 2 atom stereocenters. The molecule has 2 rings (SSSR count). The van der Waals surface area contributed by atoms with Gasteiger partial charge >= 0.3 is 6.18 Å². The molecule has 5 nitrogen and oxygen atoms in total. The normalized spacial score (nSPS) is 14.4. The quantitative estimate of drug-likeness (QED) is 0.751. The molecule has 0 radical (unpaired) electrons. The van der Waals surface area contributed by atoms with Gasteiger partial charge in [0.2, 0.25) is 15.9 Å². The molecule has 0 aromatic heterocycles. The molecule has 2 N–H and O–H groups in total. The number of nitrogens with one attached hydrogen (secondary N) is 2. The third-order valence-corrected chi connectivity index (χ3v) is 5.40. The Hall–Kier alpha value is -2.10. The molecular weight excluding hydrogens is 405 g/mol. The number of benzene rings is 2. The zero-order chi connectivity index (χ0) is 20.2. The zero-order valence-corrected chi connectivity index (χ0v) is 15.6. The van der Waals surface area contributed by atoms with E-state index in [0.29, 0.717) is 5.02 Å². The second-order valence-corrected chi connectivity index (χ2v) is 7.84. The van der Waals surface area contributed by atoms with E-state index in [1.54, 1.807) is 6.07 Å². The second-order valence-electron chi connectivity index (χ2n) is 5.69. The van der Waals surface area contributed by atoms with Crippen molar-refractivity contribution in [3.63, 3.8) is 0 Å². The summed E-state index contributed by atoms with van der Waals surface area (Å²) in [5.41, 5.74) is -0.161. The smallest absolute Gasteiger partial charge is 0.339 e. The van der Waals surface area contributed by atoms with Gasteiger partial charge in [-0.3, -0.25) is 4.79 Å². The van der Waals surface area contributed by atoms with Crippen molar-refractivity contribution in [2.45, 2.75) is 30.1 Å². The number of alkyl halides is 3. The van der Waals surface area contributed by atoms with Crippen LogP contribution in [0.2, 0.25) is 5.02 Å². The van der Waals surface area contributed by atoms with E-state index in [2.05, 4.69) is 0 Å². The molecule has 146 valence electrons. The largest absolute Gasteiger partial charge is 0.412 e. The third kappa shape index (κ3) is 5.69. The van der Waals surface area contributed by atoms with Crippen LogP contribution in [0.4, 0.5) is 13.2 Å². The van der Waals surface area contributed by atoms with E-state index in [4.69, 9.17) is 11.6 Å². The number of hydrogen-bond acceptors (Lipinski definition) is 3. The monoisotopic (exact) mass is 420 g/mol. The van der Waals surface area contributed by atoms with Gasteiger partial charge in [-0.15, -0.1) is 0 Å². The van der Waals surface area contributed by atoms with Gasteiger partial charge in [0.05, 0.1) is 10.9 Å². The van der Waals surface area contributed by atoms with Crippen molar-refractivity contribution in [2.75, 3.05) is 0 Å². The first-order chi connectivity index (χ1) is 12.5. The lowest BCUT2D eigenvalue weighted by atomic mass is 10.1. The fraction of sp³-hybridized carbons (Fsp3) is 0.235. The standard InChI is InChI=1S/C17H16ClF3N2O3S/c1-11(23-27(25,26)14-9-7-13(18)8-10-14)16(24)22-15(17(19,20)21)12-5-3-2-4-6-12/h2-11,15,23H,1H3,(H,22,24)/t11-,15?/m0/s1. The van der Waals surface area contributed by atoms with Crippen LogP contribution in [0.15, 0.2) is 59.5 Å². The Kier molecular flexibility index (Phi) is 6.50. The predicted molar refractivity (Wildman–Crippen MR) is 94.6 cm³/mol. The van der Waals surface area contributed by atoms with Crippen molar-refractivity contribution in [2.24, 2.45) is 0 Å². The Bertz CT molecular complexity index is 888. The molecule has 0 bridgehead atoms. The number of amides is 1. The molecule has 1 amide bonds. The first-order valence-corrected chi connectivity index (χ1v) is 9.57. The fourth-order valence-corrected chi connectivity index (χ4v) is 3.56. The number of carbonyl (C=O) groups is 1. The van der Waals surface area contributed by atoms with E-state index in [0.717, 1.165) is 6.92 Å². The van der Waals surface area contributed by atoms with Gasteiger partial charge in [0, 0.05) is 5.02 Å². The maximum absolute atomic E-state index is 13.3. The lowest BCUT2D eigenvalue weighted by Crippen LogP contribution is -2.48. The molecule has 0 saturated heterocycles. The van der Waals surface area contributed by atoms with Gasteiger partial charge in [-0.2, -0.15) is 17.9 Å². The van der Waals surface area contributed by atoms with Gasteiger partial charge in [-0.05, 0) is 36.8 Å². The third-order valence-electron chi connectivity index (χ3n) is 3.60. The van der Waals surface area contributed by atoms with E-state index in [-0.39, 0.29) is 10.5 Å². The number of carbonyl (C=O) groups excluding carboxylic acids is 1. The lowest BCUT2D eigenvalue weighted by Gasteiger charge is -2.24. The SMILES string of the molecule is C[C@H](NS(=O)(=O)c1ccc(Cl)cc1)C(=O)NC(c1ccccc1)C(F)(F)F. The van der Waals surface area contributed by atoms with Crippen molar-refractivity contribution < 1.29 is 26.4 Å². The highest BCUT2D eigenvalue weighted by molar-refractivity contribution is 7.89. The highest BCUT2D eigenvalue weighted by Gasteiger charge is 2.42. The van der Waals surface area contributed by atoms with Crippen LogP contribution in [-0.4, -0.2) is 26.5 Å². The van der Waals surface area contributed by atoms with Crippen LogP contribution in [0.1, 0.15) is 18.5 Å². The summed E-state index contributed by atoms with van der Waals surface area (Å²) >= 11 is 5.69. The summed E-state index contributed by atoms with van der Waals surface area (Å²) in [4.78, 5) is 12.0. The van der Waals surface area contributed by atoms with Crippen LogP contribution in [0, 0.1) is 0 Å². The zero-order valence-electron chi connectivity index (χ0n) is 14.0. The highest BCUT2D eigenvalue weighted by Crippen LogP contribution is 2.32. The number of sulfonamides is 1. The Balaban J connectivity index is 2.15. The molecule has 0 fully saturated rings. The van der Waals surface area contributed by atoms with Crippen LogP contribution in [0.5, 0.6) is 0 Å². The van der Waals surface area contributed by atoms with E-state index >= 15 is 0 Å². The predicted octanol–water partition coefficient (Wildman–Crippen LogP) is 3.43. The van der Waals surface area contributed by atoms with Crippen molar-refractivity contribution in [3.05, 3.63) is 65.2 Å². The number of hydrogen-bond donors (Lipinski definition) is 2. The first-order valence-electron chi connectivity index (χ1n) is 7.70. The second kappa shape index (κ2) is 8.28. The Morgan fingerprint density at radius 3 is 2.11 bits per heavy atom. The van der Waals surface area contributed by atoms with Crippen LogP contribution < -0.4 is 10.0 Å². The minimum Gasteiger partial charge on any atom is -0.339 e. The van der Waals surface area contributed by atoms with Crippen LogP contribution in [0.3, 0.4) is 0 Å². The molecule has 2 aromatic carbocycles. The molecule has 27 heavy (non-hydrogen) atoms. The average Bonchev–Trinajstić information content (AvgIpc) is 2.59. The molecule has 10 heteroatoms. The highest BCUT2D eigenvalue weighted by atomic mass is 35.5. The van der Waals surface area contributed by atoms with Gasteiger partial charge < -0.3 is 5.32 Å². The van der Waals surface area contributed by atoms with Crippen LogP contribution >= 0.6 is 11.6 Å². The van der Waals surface area contributed by atoms with Crippen molar-refractivity contribution in [3.8, 4) is 0 Å². The summed E-state index contributed by atoms with van der Waals surface area (Å²) in [5, 5.41) is 2.16. The molecule has 0 aliphatic carbocycles. The fourth-order valence-electron chi connectivity index (χ4n) is 2.23. The lowest BCUT2D eigenvalue weighted by molar-refractivity contribution is -0.163. The summed E-state index contributed by atoms with van der Waals surface area (Å²) in [7, 11) is -4.11. The Morgan fingerprint density at radius 1 is 1.04 bits per heavy atom. The van der Waals surface area contributed by atoms with Crippen molar-refractivity contribution in [1.29, 1.82) is 0 Å². The summed E-state index contributed by atoms with van der Waals surface area (Å²) in [6.07, 6.45) is -4.74. The minimum absolute atomic E-state index is 0.161. The summed E-state index contributed by atoms with van der Waals surface area (Å²) in [5.74, 6) is -1.11. The molecule has 0 aliphatic heterocycles. The molecule has 0 aliphatic rings. The Morgan fingerprint density at radius 2 is 1.59 bits per heavy atom. The van der Waals surface area contributed by atoms with Gasteiger partial charge in [-0.25, -0.2) is 8.42 Å². The maximum atomic E-state index is 13.3. The van der Waals surface area contributed by atoms with Crippen molar-refractivity contribution in [1.82, 2.24) is 10.0 Å². The van der Waals surface area contributed by atoms with E-state index < -0.39 is 34.2 Å². The van der Waals surface area contributed by atoms with Gasteiger partial charge in [0.15, 0.2) is 6.04 Å². The molecular formula is C17H16ClF3N2O3S. The molecule has 0 saturated carbocycles. The van der Waals surface area contributed by atoms with Crippen LogP contribution in [-0.2, 0) is 14.8 Å². The minimum atomic E-state index is -4.74. The van der Waals surface area contributed by atoms with Crippen molar-refractivity contribution >= 4 is 27.5 Å². The summed E-state index contributed by atoms with van der Waals surface area (Å²) in [6, 6.07) is 8.25. The van der Waals surface area contributed by atoms with E-state index in [1.165, 1.54) is 48.5 Å². The molecule has 1 unspecified atom stereocenters. The molecule has 0 heterocycles. The first kappa shape index (κ1) is 21.2. The number of halogens is 4. The van der Waals surface area contributed by atoms with E-state index in [9.17, 15) is 26.4 Å². The van der Waals surface area contributed by atoms with E-state index in [1.807, 2.05) is 10.0 Å². The Labute approximate surface area is 159 Å². The average molecular weight is 421 g/mol. The summed E-state index contributed by atoms with van der Waals surface area (Å²) in [6.45, 7) is 1.15. The van der Waals surface area contributed by atoms with Gasteiger partial charge in [0.1, 0.15) is 0 Å². The van der Waals surface area contributed by atoms with Gasteiger partial charge in [0.25, 0.3) is 0 Å². The molecule has 0 spiro atoms. The summed E-state index contributed by atoms with van der Waals surface area (Å²) < 4.78 is 66.5. The maximum Gasteiger partial charge on any atom is 0.412 e. The van der Waals surface area contributed by atoms with Gasteiger partial charge in [-0.1, -0.05) is 41.9 Å². The number of rotatable bonds is 6. The molecule has 2 aromatic rings.